The summed E-state index contributed by atoms with van der Waals surface area (Å²) in [5, 5.41) is 0. The van der Waals surface area contributed by atoms with E-state index in [9.17, 15) is 17.2 Å². The van der Waals surface area contributed by atoms with Gasteiger partial charge in [-0.15, -0.1) is 0 Å². The zero-order valence-corrected chi connectivity index (χ0v) is 14.0. The Morgan fingerprint density at radius 3 is 2.46 bits per heavy atom. The monoisotopic (exact) mass is 357 g/mol. The summed E-state index contributed by atoms with van der Waals surface area (Å²) < 4.78 is 63.3. The number of hydrogen-bond acceptors (Lipinski definition) is 4. The van der Waals surface area contributed by atoms with E-state index in [4.69, 9.17) is 9.47 Å². The fraction of sp³-hybridized carbons (Fsp3) is 0.250. The van der Waals surface area contributed by atoms with Gasteiger partial charge in [0.05, 0.1) is 7.11 Å². The smallest absolute Gasteiger partial charge is 0.244 e. The first-order chi connectivity index (χ1) is 11.3. The highest BCUT2D eigenvalue weighted by Gasteiger charge is 2.19. The predicted octanol–water partition coefficient (Wildman–Crippen LogP) is 2.64. The molecule has 0 fully saturated rings. The van der Waals surface area contributed by atoms with E-state index < -0.39 is 21.7 Å². The number of benzene rings is 2. The molecule has 0 aliphatic rings. The average molecular weight is 357 g/mol. The maximum absolute atomic E-state index is 13.4. The highest BCUT2D eigenvalue weighted by Crippen LogP contribution is 2.24. The number of rotatable bonds is 7. The summed E-state index contributed by atoms with van der Waals surface area (Å²) in [5.41, 5.74) is 0.765. The van der Waals surface area contributed by atoms with Crippen molar-refractivity contribution in [2.75, 3.05) is 20.3 Å². The van der Waals surface area contributed by atoms with Crippen molar-refractivity contribution >= 4 is 10.0 Å². The lowest BCUT2D eigenvalue weighted by molar-refractivity contribution is 0.305. The van der Waals surface area contributed by atoms with Gasteiger partial charge in [-0.3, -0.25) is 0 Å². The number of methoxy groups -OCH3 is 1. The van der Waals surface area contributed by atoms with E-state index in [0.717, 1.165) is 17.7 Å². The Labute approximate surface area is 139 Å². The summed E-state index contributed by atoms with van der Waals surface area (Å²) in [6.07, 6.45) is 0. The Bertz CT molecular complexity index is 825. The van der Waals surface area contributed by atoms with Crippen LogP contribution in [0.1, 0.15) is 5.56 Å². The van der Waals surface area contributed by atoms with Gasteiger partial charge in [0.2, 0.25) is 10.0 Å². The molecular formula is C16H17F2NO4S. The molecule has 8 heteroatoms. The van der Waals surface area contributed by atoms with E-state index in [1.807, 2.05) is 0 Å². The van der Waals surface area contributed by atoms with Gasteiger partial charge in [0.25, 0.3) is 0 Å². The third kappa shape index (κ3) is 4.42. The number of hydrogen-bond donors (Lipinski definition) is 1. The van der Waals surface area contributed by atoms with Crippen LogP contribution in [0.5, 0.6) is 11.5 Å². The van der Waals surface area contributed by atoms with Gasteiger partial charge in [-0.1, -0.05) is 6.07 Å². The first-order valence-electron chi connectivity index (χ1n) is 7.05. The molecule has 1 N–H and O–H groups in total. The molecule has 0 radical (unpaired) electrons. The van der Waals surface area contributed by atoms with Crippen LogP contribution in [-0.2, 0) is 10.0 Å². The van der Waals surface area contributed by atoms with Gasteiger partial charge in [-0.25, -0.2) is 21.9 Å². The van der Waals surface area contributed by atoms with Gasteiger partial charge < -0.3 is 9.47 Å². The summed E-state index contributed by atoms with van der Waals surface area (Å²) in [4.78, 5) is 0.0120. The molecule has 24 heavy (non-hydrogen) atoms. The van der Waals surface area contributed by atoms with Gasteiger partial charge in [0.1, 0.15) is 23.1 Å². The Morgan fingerprint density at radius 1 is 1.08 bits per heavy atom. The highest BCUT2D eigenvalue weighted by molar-refractivity contribution is 7.89. The summed E-state index contributed by atoms with van der Waals surface area (Å²) in [7, 11) is -2.43. The molecule has 2 rings (SSSR count). The molecule has 5 nitrogen and oxygen atoms in total. The molecular weight excluding hydrogens is 340 g/mol. The normalized spacial score (nSPS) is 11.3. The summed E-state index contributed by atoms with van der Waals surface area (Å²) >= 11 is 0. The van der Waals surface area contributed by atoms with Crippen LogP contribution in [0.2, 0.25) is 0 Å². The van der Waals surface area contributed by atoms with Crippen molar-refractivity contribution in [2.45, 2.75) is 11.8 Å². The Balaban J connectivity index is 1.99. The quantitative estimate of drug-likeness (QED) is 0.774. The maximum Gasteiger partial charge on any atom is 0.244 e. The Morgan fingerprint density at radius 2 is 1.79 bits per heavy atom. The second-order valence-corrected chi connectivity index (χ2v) is 6.71. The Kier molecular flexibility index (Phi) is 5.74. The van der Waals surface area contributed by atoms with Crippen molar-refractivity contribution in [2.24, 2.45) is 0 Å². The molecule has 0 spiro atoms. The molecule has 0 bridgehead atoms. The zero-order valence-electron chi connectivity index (χ0n) is 13.2. The highest BCUT2D eigenvalue weighted by atomic mass is 32.2. The Hall–Kier alpha value is -2.19. The molecule has 0 saturated carbocycles. The standard InChI is InChI=1S/C16H17F2NO4S/c1-11-3-5-15(22-2)16(9-11)24(20,21)19-7-8-23-14-6-4-12(17)10-13(14)18/h3-6,9-10,19H,7-8H2,1-2H3. The fourth-order valence-corrected chi connectivity index (χ4v) is 3.27. The lowest BCUT2D eigenvalue weighted by atomic mass is 10.2. The number of sulfonamides is 1. The van der Waals surface area contributed by atoms with Gasteiger partial charge in [-0.2, -0.15) is 0 Å². The summed E-state index contributed by atoms with van der Waals surface area (Å²) in [6.45, 7) is 1.56. The van der Waals surface area contributed by atoms with Crippen LogP contribution < -0.4 is 14.2 Å². The third-order valence-electron chi connectivity index (χ3n) is 3.15. The van der Waals surface area contributed by atoms with Gasteiger partial charge >= 0.3 is 0 Å². The fourth-order valence-electron chi connectivity index (χ4n) is 2.00. The van der Waals surface area contributed by atoms with Crippen molar-refractivity contribution < 1.29 is 26.7 Å². The summed E-state index contributed by atoms with van der Waals surface area (Å²) in [6, 6.07) is 7.67. The van der Waals surface area contributed by atoms with E-state index >= 15 is 0 Å². The average Bonchev–Trinajstić information content (AvgIpc) is 2.53. The molecule has 0 amide bonds. The molecule has 0 aliphatic heterocycles. The van der Waals surface area contributed by atoms with Gasteiger partial charge in [0.15, 0.2) is 11.6 Å². The number of ether oxygens (including phenoxy) is 2. The van der Waals surface area contributed by atoms with Gasteiger partial charge in [0, 0.05) is 12.6 Å². The molecule has 0 heterocycles. The van der Waals surface area contributed by atoms with Crippen molar-refractivity contribution in [3.05, 3.63) is 53.6 Å². The maximum atomic E-state index is 13.4. The second-order valence-electron chi connectivity index (χ2n) is 4.98. The van der Waals surface area contributed by atoms with E-state index in [-0.39, 0.29) is 29.5 Å². The topological polar surface area (TPSA) is 64.6 Å². The number of halogens is 2. The molecule has 0 unspecified atom stereocenters. The lowest BCUT2D eigenvalue weighted by Crippen LogP contribution is -2.28. The zero-order chi connectivity index (χ0) is 17.7. The van der Waals surface area contributed by atoms with E-state index in [0.29, 0.717) is 6.07 Å². The molecule has 0 aromatic heterocycles. The largest absolute Gasteiger partial charge is 0.495 e. The van der Waals surface area contributed by atoms with Crippen LogP contribution in [0, 0.1) is 18.6 Å². The third-order valence-corrected chi connectivity index (χ3v) is 4.64. The minimum atomic E-state index is -3.81. The molecule has 0 atom stereocenters. The van der Waals surface area contributed by atoms with Crippen LogP contribution >= 0.6 is 0 Å². The van der Waals surface area contributed by atoms with E-state index in [1.54, 1.807) is 19.1 Å². The van der Waals surface area contributed by atoms with Crippen molar-refractivity contribution in [1.29, 1.82) is 0 Å². The van der Waals surface area contributed by atoms with Crippen LogP contribution in [0.25, 0.3) is 0 Å². The van der Waals surface area contributed by atoms with Crippen LogP contribution in [0.4, 0.5) is 8.78 Å². The molecule has 130 valence electrons. The number of nitrogens with one attached hydrogen (secondary N) is 1. The predicted molar refractivity (Wildman–Crippen MR) is 84.8 cm³/mol. The minimum absolute atomic E-state index is 0.0120. The SMILES string of the molecule is COc1ccc(C)cc1S(=O)(=O)NCCOc1ccc(F)cc1F. The molecule has 2 aromatic rings. The van der Waals surface area contributed by atoms with Crippen molar-refractivity contribution in [3.63, 3.8) is 0 Å². The first kappa shape index (κ1) is 18.2. The minimum Gasteiger partial charge on any atom is -0.495 e. The molecule has 0 aliphatic carbocycles. The molecule has 0 saturated heterocycles. The van der Waals surface area contributed by atoms with Crippen LogP contribution in [0.3, 0.4) is 0 Å². The van der Waals surface area contributed by atoms with Crippen molar-refractivity contribution in [3.8, 4) is 11.5 Å². The van der Waals surface area contributed by atoms with Crippen molar-refractivity contribution in [1.82, 2.24) is 4.72 Å². The number of aryl methyl sites for hydroxylation is 1. The van der Waals surface area contributed by atoms with E-state index in [1.165, 1.54) is 13.2 Å². The van der Waals surface area contributed by atoms with Crippen LogP contribution in [0.15, 0.2) is 41.3 Å². The van der Waals surface area contributed by atoms with Crippen LogP contribution in [-0.4, -0.2) is 28.7 Å². The first-order valence-corrected chi connectivity index (χ1v) is 8.54. The van der Waals surface area contributed by atoms with Gasteiger partial charge in [-0.05, 0) is 36.8 Å². The van der Waals surface area contributed by atoms with E-state index in [2.05, 4.69) is 4.72 Å². The second kappa shape index (κ2) is 7.59. The summed E-state index contributed by atoms with van der Waals surface area (Å²) in [5.74, 6) is -1.49. The lowest BCUT2D eigenvalue weighted by Gasteiger charge is -2.12. The molecule has 2 aromatic carbocycles.